The van der Waals surface area contributed by atoms with Crippen LogP contribution in [0.2, 0.25) is 0 Å². The molecule has 0 spiro atoms. The Morgan fingerprint density at radius 1 is 1.24 bits per heavy atom. The van der Waals surface area contributed by atoms with E-state index in [9.17, 15) is 9.59 Å². The fourth-order valence-corrected chi connectivity index (χ4v) is 2.22. The van der Waals surface area contributed by atoms with Gasteiger partial charge in [0.1, 0.15) is 11.5 Å². The van der Waals surface area contributed by atoms with Crippen molar-refractivity contribution in [2.75, 3.05) is 13.2 Å². The Morgan fingerprint density at radius 2 is 1.81 bits per heavy atom. The summed E-state index contributed by atoms with van der Waals surface area (Å²) in [7, 11) is 0. The van der Waals surface area contributed by atoms with Crippen LogP contribution in [0.25, 0.3) is 0 Å². The fraction of sp³-hybridized carbons (Fsp3) is 0.769. The standard InChI is InChI=1S/C13H24N4O4/c1-8(2)15-10(18)9(3)16-12(19)13(11(14)17-20)4-6-21-7-5-13/h8-9,20H,4-7H2,1-3H3,(H2,14,17)(H,15,18)(H,16,19). The molecule has 1 saturated heterocycles. The zero-order chi connectivity index (χ0) is 16.0. The van der Waals surface area contributed by atoms with Gasteiger partial charge in [-0.1, -0.05) is 5.16 Å². The molecule has 8 nitrogen and oxygen atoms in total. The maximum absolute atomic E-state index is 12.5. The second-order valence-electron chi connectivity index (χ2n) is 5.54. The second-order valence-corrected chi connectivity index (χ2v) is 5.54. The Labute approximate surface area is 124 Å². The molecule has 0 aromatic carbocycles. The number of nitrogens with one attached hydrogen (secondary N) is 2. The summed E-state index contributed by atoms with van der Waals surface area (Å²) in [6.45, 7) is 5.95. The molecule has 0 saturated carbocycles. The number of rotatable bonds is 5. The number of hydrogen-bond acceptors (Lipinski definition) is 5. The molecular weight excluding hydrogens is 276 g/mol. The minimum Gasteiger partial charge on any atom is -0.409 e. The Bertz CT molecular complexity index is 416. The normalized spacial score (nSPS) is 19.9. The number of nitrogens with zero attached hydrogens (tertiary/aromatic N) is 1. The van der Waals surface area contributed by atoms with E-state index in [1.54, 1.807) is 6.92 Å². The molecular formula is C13H24N4O4. The van der Waals surface area contributed by atoms with Gasteiger partial charge in [-0.3, -0.25) is 9.59 Å². The molecule has 0 radical (unpaired) electrons. The van der Waals surface area contributed by atoms with Crippen molar-refractivity contribution < 1.29 is 19.5 Å². The van der Waals surface area contributed by atoms with Crippen molar-refractivity contribution in [3.8, 4) is 0 Å². The molecule has 120 valence electrons. The first-order valence-corrected chi connectivity index (χ1v) is 7.00. The number of amidine groups is 1. The van der Waals surface area contributed by atoms with Crippen LogP contribution in [0.5, 0.6) is 0 Å². The molecule has 1 rings (SSSR count). The lowest BCUT2D eigenvalue weighted by molar-refractivity contribution is -0.135. The summed E-state index contributed by atoms with van der Waals surface area (Å²) in [6, 6.07) is -0.718. The largest absolute Gasteiger partial charge is 0.409 e. The highest BCUT2D eigenvalue weighted by molar-refractivity contribution is 6.07. The van der Waals surface area contributed by atoms with Gasteiger partial charge in [-0.05, 0) is 33.6 Å². The van der Waals surface area contributed by atoms with E-state index >= 15 is 0 Å². The van der Waals surface area contributed by atoms with E-state index in [4.69, 9.17) is 15.7 Å². The van der Waals surface area contributed by atoms with E-state index in [0.29, 0.717) is 26.1 Å². The number of oxime groups is 1. The predicted octanol–water partition coefficient (Wildman–Crippen LogP) is -0.441. The molecule has 1 atom stereocenters. The summed E-state index contributed by atoms with van der Waals surface area (Å²) in [6.07, 6.45) is 0.625. The lowest BCUT2D eigenvalue weighted by atomic mass is 9.78. The number of nitrogens with two attached hydrogens (primary N) is 1. The number of carbonyl (C=O) groups is 2. The maximum Gasteiger partial charge on any atom is 0.242 e. The summed E-state index contributed by atoms with van der Waals surface area (Å²) in [4.78, 5) is 24.4. The van der Waals surface area contributed by atoms with Gasteiger partial charge >= 0.3 is 0 Å². The van der Waals surface area contributed by atoms with E-state index in [0.717, 1.165) is 0 Å². The van der Waals surface area contributed by atoms with E-state index in [1.807, 2.05) is 13.8 Å². The number of amides is 2. The first-order valence-electron chi connectivity index (χ1n) is 7.00. The van der Waals surface area contributed by atoms with Crippen molar-refractivity contribution in [1.29, 1.82) is 0 Å². The third-order valence-electron chi connectivity index (χ3n) is 3.55. The molecule has 0 aromatic heterocycles. The molecule has 1 aliphatic rings. The zero-order valence-electron chi connectivity index (χ0n) is 12.7. The average molecular weight is 300 g/mol. The van der Waals surface area contributed by atoms with Crippen LogP contribution in [0.1, 0.15) is 33.6 Å². The van der Waals surface area contributed by atoms with Crippen LogP contribution >= 0.6 is 0 Å². The monoisotopic (exact) mass is 300 g/mol. The molecule has 5 N–H and O–H groups in total. The van der Waals surface area contributed by atoms with Gasteiger partial charge in [-0.15, -0.1) is 0 Å². The summed E-state index contributed by atoms with van der Waals surface area (Å²) in [5.41, 5.74) is 4.57. The first kappa shape index (κ1) is 17.2. The van der Waals surface area contributed by atoms with Gasteiger partial charge in [0.05, 0.1) is 0 Å². The van der Waals surface area contributed by atoms with Gasteiger partial charge in [-0.2, -0.15) is 0 Å². The molecule has 1 unspecified atom stereocenters. The van der Waals surface area contributed by atoms with Crippen LogP contribution in [0, 0.1) is 5.41 Å². The Morgan fingerprint density at radius 3 is 2.29 bits per heavy atom. The van der Waals surface area contributed by atoms with Crippen molar-refractivity contribution in [2.45, 2.75) is 45.7 Å². The van der Waals surface area contributed by atoms with Crippen molar-refractivity contribution in [3.05, 3.63) is 0 Å². The van der Waals surface area contributed by atoms with Crippen LogP contribution in [-0.4, -0.2) is 48.2 Å². The van der Waals surface area contributed by atoms with E-state index in [2.05, 4.69) is 15.8 Å². The minimum atomic E-state index is -1.13. The highest BCUT2D eigenvalue weighted by Crippen LogP contribution is 2.31. The Hall–Kier alpha value is -1.83. The smallest absolute Gasteiger partial charge is 0.242 e. The molecule has 1 aliphatic heterocycles. The van der Waals surface area contributed by atoms with Crippen LogP contribution in [0.4, 0.5) is 0 Å². The third kappa shape index (κ3) is 4.07. The number of carbonyl (C=O) groups excluding carboxylic acids is 2. The molecule has 0 aromatic rings. The van der Waals surface area contributed by atoms with Gasteiger partial charge in [0.25, 0.3) is 0 Å². The molecule has 0 bridgehead atoms. The summed E-state index contributed by atoms with van der Waals surface area (Å²) in [5, 5.41) is 17.3. The average Bonchev–Trinajstić information content (AvgIpc) is 2.46. The third-order valence-corrected chi connectivity index (χ3v) is 3.55. The number of hydrogen-bond donors (Lipinski definition) is 4. The summed E-state index contributed by atoms with van der Waals surface area (Å²) >= 11 is 0. The molecule has 21 heavy (non-hydrogen) atoms. The maximum atomic E-state index is 12.5. The van der Waals surface area contributed by atoms with Gasteiger partial charge in [-0.25, -0.2) is 0 Å². The highest BCUT2D eigenvalue weighted by atomic mass is 16.5. The SMILES string of the molecule is CC(C)NC(=O)C(C)NC(=O)C1(C(N)=NO)CCOCC1. The lowest BCUT2D eigenvalue weighted by Crippen LogP contribution is -2.57. The van der Waals surface area contributed by atoms with Crippen molar-refractivity contribution in [3.63, 3.8) is 0 Å². The van der Waals surface area contributed by atoms with Crippen LogP contribution in [0.3, 0.4) is 0 Å². The fourth-order valence-electron chi connectivity index (χ4n) is 2.22. The van der Waals surface area contributed by atoms with Gasteiger partial charge in [0.2, 0.25) is 11.8 Å². The van der Waals surface area contributed by atoms with Gasteiger partial charge < -0.3 is 26.3 Å². The van der Waals surface area contributed by atoms with Crippen LogP contribution in [0.15, 0.2) is 5.16 Å². The number of ether oxygens (including phenoxy) is 1. The predicted molar refractivity (Wildman–Crippen MR) is 76.8 cm³/mol. The Kier molecular flexibility index (Phi) is 5.95. The van der Waals surface area contributed by atoms with Crippen molar-refractivity contribution >= 4 is 17.6 Å². The lowest BCUT2D eigenvalue weighted by Gasteiger charge is -2.35. The second kappa shape index (κ2) is 7.26. The minimum absolute atomic E-state index is 0.0158. The molecule has 8 heteroatoms. The van der Waals surface area contributed by atoms with E-state index < -0.39 is 17.4 Å². The molecule has 1 fully saturated rings. The summed E-state index contributed by atoms with van der Waals surface area (Å²) < 4.78 is 5.22. The van der Waals surface area contributed by atoms with Gasteiger partial charge in [0, 0.05) is 19.3 Å². The van der Waals surface area contributed by atoms with E-state index in [1.165, 1.54) is 0 Å². The Balaban J connectivity index is 2.80. The van der Waals surface area contributed by atoms with Crippen LogP contribution < -0.4 is 16.4 Å². The quantitative estimate of drug-likeness (QED) is 0.237. The summed E-state index contributed by atoms with van der Waals surface area (Å²) in [5.74, 6) is -0.854. The van der Waals surface area contributed by atoms with Crippen LogP contribution in [-0.2, 0) is 14.3 Å². The topological polar surface area (TPSA) is 126 Å². The van der Waals surface area contributed by atoms with E-state index in [-0.39, 0.29) is 17.8 Å². The zero-order valence-corrected chi connectivity index (χ0v) is 12.7. The van der Waals surface area contributed by atoms with Gasteiger partial charge in [0.15, 0.2) is 5.84 Å². The van der Waals surface area contributed by atoms with Crippen molar-refractivity contribution in [2.24, 2.45) is 16.3 Å². The molecule has 0 aliphatic carbocycles. The molecule has 1 heterocycles. The molecule has 2 amide bonds. The first-order chi connectivity index (χ1) is 9.83. The highest BCUT2D eigenvalue weighted by Gasteiger charge is 2.45. The van der Waals surface area contributed by atoms with Crippen molar-refractivity contribution in [1.82, 2.24) is 10.6 Å².